The van der Waals surface area contributed by atoms with Crippen molar-refractivity contribution in [1.29, 1.82) is 0 Å². The van der Waals surface area contributed by atoms with Gasteiger partial charge < -0.3 is 14.4 Å². The molecule has 1 aromatic heterocycles. The quantitative estimate of drug-likeness (QED) is 0.866. The van der Waals surface area contributed by atoms with E-state index >= 15 is 0 Å². The lowest BCUT2D eigenvalue weighted by Crippen LogP contribution is -2.41. The highest BCUT2D eigenvalue weighted by Gasteiger charge is 2.52. The zero-order valence-electron chi connectivity index (χ0n) is 13.4. The molecule has 23 heavy (non-hydrogen) atoms. The molecule has 0 amide bonds. The van der Waals surface area contributed by atoms with E-state index in [2.05, 4.69) is 4.98 Å². The summed E-state index contributed by atoms with van der Waals surface area (Å²) in [5, 5.41) is 9.54. The fourth-order valence-corrected chi connectivity index (χ4v) is 2.06. The number of aromatic nitrogens is 1. The zero-order chi connectivity index (χ0) is 17.5. The minimum absolute atomic E-state index is 0.335. The van der Waals surface area contributed by atoms with Crippen LogP contribution in [0, 0.1) is 0 Å². The van der Waals surface area contributed by atoms with Gasteiger partial charge in [0.2, 0.25) is 0 Å². The molecule has 0 spiro atoms. The van der Waals surface area contributed by atoms with E-state index in [0.717, 1.165) is 12.3 Å². The first-order valence-electron chi connectivity index (χ1n) is 7.16. The normalized spacial score (nSPS) is 20.9. The van der Waals surface area contributed by atoms with Gasteiger partial charge in [-0.05, 0) is 44.8 Å². The average molecular weight is 329 g/mol. The van der Waals surface area contributed by atoms with Crippen molar-refractivity contribution < 1.29 is 27.6 Å². The Bertz CT molecular complexity index is 581. The SMILES string of the molecule is CC1(C)OB(C(=Cc2ccc(C(F)(F)F)nc2)CO)OC1(C)C. The summed E-state index contributed by atoms with van der Waals surface area (Å²) in [6.07, 6.45) is -1.85. The van der Waals surface area contributed by atoms with Crippen molar-refractivity contribution >= 4 is 13.2 Å². The van der Waals surface area contributed by atoms with Gasteiger partial charge in [0, 0.05) is 6.20 Å². The van der Waals surface area contributed by atoms with Crippen LogP contribution in [0.25, 0.3) is 6.08 Å². The first-order chi connectivity index (χ1) is 10.5. The number of nitrogens with zero attached hydrogens (tertiary/aromatic N) is 1. The monoisotopic (exact) mass is 329 g/mol. The van der Waals surface area contributed by atoms with Crippen molar-refractivity contribution in [3.63, 3.8) is 0 Å². The Morgan fingerprint density at radius 1 is 1.22 bits per heavy atom. The molecule has 126 valence electrons. The first-order valence-corrected chi connectivity index (χ1v) is 7.16. The number of rotatable bonds is 3. The maximum Gasteiger partial charge on any atom is 0.492 e. The summed E-state index contributed by atoms with van der Waals surface area (Å²) >= 11 is 0. The summed E-state index contributed by atoms with van der Waals surface area (Å²) in [6.45, 7) is 7.17. The molecule has 2 heterocycles. The minimum atomic E-state index is -4.48. The van der Waals surface area contributed by atoms with Gasteiger partial charge in [0.05, 0.1) is 17.8 Å². The number of hydrogen-bond acceptors (Lipinski definition) is 4. The molecule has 4 nitrogen and oxygen atoms in total. The van der Waals surface area contributed by atoms with Gasteiger partial charge in [-0.3, -0.25) is 4.98 Å². The summed E-state index contributed by atoms with van der Waals surface area (Å²) in [6, 6.07) is 2.18. The number of alkyl halides is 3. The maximum atomic E-state index is 12.5. The molecular formula is C15H19BF3NO3. The highest BCUT2D eigenvalue weighted by atomic mass is 19.4. The third-order valence-electron chi connectivity index (χ3n) is 4.17. The van der Waals surface area contributed by atoms with E-state index in [9.17, 15) is 18.3 Å². The van der Waals surface area contributed by atoms with E-state index in [4.69, 9.17) is 9.31 Å². The highest BCUT2D eigenvalue weighted by Crippen LogP contribution is 2.38. The molecule has 1 aliphatic rings. The molecule has 1 N–H and O–H groups in total. The van der Waals surface area contributed by atoms with E-state index in [1.54, 1.807) is 0 Å². The Balaban J connectivity index is 2.23. The molecule has 0 atom stereocenters. The van der Waals surface area contributed by atoms with Crippen molar-refractivity contribution in [2.75, 3.05) is 6.61 Å². The van der Waals surface area contributed by atoms with Crippen LogP contribution in [0.4, 0.5) is 13.2 Å². The summed E-state index contributed by atoms with van der Waals surface area (Å²) in [7, 11) is -0.757. The zero-order valence-corrected chi connectivity index (χ0v) is 13.4. The molecule has 0 aliphatic carbocycles. The Labute approximate surface area is 133 Å². The Morgan fingerprint density at radius 3 is 2.17 bits per heavy atom. The average Bonchev–Trinajstić information content (AvgIpc) is 2.64. The van der Waals surface area contributed by atoms with Gasteiger partial charge >= 0.3 is 13.3 Å². The number of aliphatic hydroxyl groups is 1. The van der Waals surface area contributed by atoms with Gasteiger partial charge in [0.1, 0.15) is 5.69 Å². The van der Waals surface area contributed by atoms with Crippen molar-refractivity contribution in [2.45, 2.75) is 45.1 Å². The predicted octanol–water partition coefficient (Wildman–Crippen LogP) is 3.11. The molecule has 2 rings (SSSR count). The maximum absolute atomic E-state index is 12.5. The lowest BCUT2D eigenvalue weighted by Gasteiger charge is -2.32. The molecule has 0 saturated carbocycles. The second-order valence-corrected chi connectivity index (χ2v) is 6.44. The van der Waals surface area contributed by atoms with Gasteiger partial charge in [-0.1, -0.05) is 12.1 Å². The minimum Gasteiger partial charge on any atom is -0.400 e. The van der Waals surface area contributed by atoms with E-state index in [1.165, 1.54) is 12.1 Å². The van der Waals surface area contributed by atoms with Gasteiger partial charge in [-0.15, -0.1) is 0 Å². The van der Waals surface area contributed by atoms with Crippen LogP contribution >= 0.6 is 0 Å². The van der Waals surface area contributed by atoms with Crippen LogP contribution in [0.5, 0.6) is 0 Å². The van der Waals surface area contributed by atoms with Crippen LogP contribution in [0.15, 0.2) is 23.8 Å². The van der Waals surface area contributed by atoms with Crippen LogP contribution in [-0.2, 0) is 15.5 Å². The van der Waals surface area contributed by atoms with Crippen LogP contribution < -0.4 is 0 Å². The molecular weight excluding hydrogens is 310 g/mol. The third-order valence-corrected chi connectivity index (χ3v) is 4.17. The highest BCUT2D eigenvalue weighted by molar-refractivity contribution is 6.55. The van der Waals surface area contributed by atoms with Crippen molar-refractivity contribution in [3.8, 4) is 0 Å². The number of aliphatic hydroxyl groups excluding tert-OH is 1. The molecule has 1 fully saturated rings. The van der Waals surface area contributed by atoms with Crippen LogP contribution in [0.2, 0.25) is 0 Å². The first kappa shape index (κ1) is 18.0. The molecule has 0 radical (unpaired) electrons. The molecule has 0 unspecified atom stereocenters. The van der Waals surface area contributed by atoms with Crippen LogP contribution in [0.1, 0.15) is 39.0 Å². The number of pyridine rings is 1. The lowest BCUT2D eigenvalue weighted by atomic mass is 9.77. The van der Waals surface area contributed by atoms with Gasteiger partial charge in [0.25, 0.3) is 0 Å². The molecule has 1 aromatic rings. The molecule has 8 heteroatoms. The topological polar surface area (TPSA) is 51.6 Å². The van der Waals surface area contributed by atoms with Crippen LogP contribution in [-0.4, -0.2) is 35.0 Å². The largest absolute Gasteiger partial charge is 0.492 e. The number of halogens is 3. The van der Waals surface area contributed by atoms with Gasteiger partial charge in [-0.2, -0.15) is 13.2 Å². The summed E-state index contributed by atoms with van der Waals surface area (Å²) in [5.74, 6) is 0. The Morgan fingerprint density at radius 2 is 1.78 bits per heavy atom. The fourth-order valence-electron chi connectivity index (χ4n) is 2.06. The van der Waals surface area contributed by atoms with E-state index < -0.39 is 30.2 Å². The standard InChI is InChI=1S/C15H19BF3NO3/c1-13(2)14(3,4)23-16(22-13)11(9-21)7-10-5-6-12(20-8-10)15(17,18)19/h5-8,21H,9H2,1-4H3. The molecule has 0 aromatic carbocycles. The predicted molar refractivity (Wildman–Crippen MR) is 80.4 cm³/mol. The summed E-state index contributed by atoms with van der Waals surface area (Å²) < 4.78 is 49.2. The van der Waals surface area contributed by atoms with Crippen molar-refractivity contribution in [2.24, 2.45) is 0 Å². The van der Waals surface area contributed by atoms with Crippen molar-refractivity contribution in [1.82, 2.24) is 4.98 Å². The Hall–Kier alpha value is -1.38. The van der Waals surface area contributed by atoms with Crippen LogP contribution in [0.3, 0.4) is 0 Å². The third kappa shape index (κ3) is 3.76. The van der Waals surface area contributed by atoms with E-state index in [1.807, 2.05) is 27.7 Å². The second kappa shape index (κ2) is 5.92. The summed E-state index contributed by atoms with van der Waals surface area (Å²) in [5.41, 5.74) is -1.24. The lowest BCUT2D eigenvalue weighted by molar-refractivity contribution is -0.141. The van der Waals surface area contributed by atoms with Gasteiger partial charge in [0.15, 0.2) is 0 Å². The Kier molecular flexibility index (Phi) is 4.63. The van der Waals surface area contributed by atoms with Crippen molar-refractivity contribution in [3.05, 3.63) is 35.1 Å². The number of hydrogen-bond donors (Lipinski definition) is 1. The van der Waals surface area contributed by atoms with E-state index in [0.29, 0.717) is 11.0 Å². The summed E-state index contributed by atoms with van der Waals surface area (Å²) in [4.78, 5) is 3.39. The van der Waals surface area contributed by atoms with E-state index in [-0.39, 0.29) is 6.61 Å². The van der Waals surface area contributed by atoms with Gasteiger partial charge in [-0.25, -0.2) is 0 Å². The molecule has 1 aliphatic heterocycles. The fraction of sp³-hybridized carbons (Fsp3) is 0.533. The molecule has 1 saturated heterocycles. The molecule has 0 bridgehead atoms. The smallest absolute Gasteiger partial charge is 0.400 e. The second-order valence-electron chi connectivity index (χ2n) is 6.44.